The molecule has 0 atom stereocenters. The summed E-state index contributed by atoms with van der Waals surface area (Å²) in [6.45, 7) is 2.27. The Hall–Kier alpha value is -1.60. The Balaban J connectivity index is 1.72. The van der Waals surface area contributed by atoms with Gasteiger partial charge in [-0.25, -0.2) is 0 Å². The van der Waals surface area contributed by atoms with Crippen molar-refractivity contribution in [2.75, 3.05) is 13.1 Å². The molecule has 1 heterocycles. The van der Waals surface area contributed by atoms with E-state index in [0.717, 1.165) is 25.4 Å². The molecule has 1 saturated heterocycles. The van der Waals surface area contributed by atoms with Gasteiger partial charge in [0.25, 0.3) is 0 Å². The summed E-state index contributed by atoms with van der Waals surface area (Å²) in [5, 5.41) is 3.31. The molecule has 0 unspecified atom stereocenters. The lowest BCUT2D eigenvalue weighted by Gasteiger charge is -2.27. The molecule has 2 aromatic rings. The summed E-state index contributed by atoms with van der Waals surface area (Å²) in [7, 11) is 0. The van der Waals surface area contributed by atoms with Crippen LogP contribution in [0.2, 0.25) is 0 Å². The average Bonchev–Trinajstić information content (AvgIpc) is 2.31. The van der Waals surface area contributed by atoms with Crippen molar-refractivity contribution in [2.24, 2.45) is 0 Å². The van der Waals surface area contributed by atoms with Crippen LogP contribution in [0.5, 0.6) is 0 Å². The molecule has 0 radical (unpaired) electrons. The van der Waals surface area contributed by atoms with Gasteiger partial charge in [-0.05, 0) is 23.1 Å². The van der Waals surface area contributed by atoms with E-state index in [1.807, 2.05) is 0 Å². The van der Waals surface area contributed by atoms with Gasteiger partial charge in [-0.2, -0.15) is 0 Å². The van der Waals surface area contributed by atoms with Crippen molar-refractivity contribution in [1.82, 2.24) is 5.32 Å². The van der Waals surface area contributed by atoms with Gasteiger partial charge in [0.05, 0.1) is 0 Å². The van der Waals surface area contributed by atoms with E-state index in [9.17, 15) is 0 Å². The molecule has 0 aromatic heterocycles. The lowest BCUT2D eigenvalue weighted by molar-refractivity contribution is 0.448. The zero-order valence-electron chi connectivity index (χ0n) is 9.89. The minimum absolute atomic E-state index is 0.737. The summed E-state index contributed by atoms with van der Waals surface area (Å²) in [5.74, 6) is 0.737. The Kier molecular flexibility index (Phi) is 2.93. The average molecular weight is 223 g/mol. The van der Waals surface area contributed by atoms with Gasteiger partial charge in [-0.1, -0.05) is 54.6 Å². The number of nitrogens with one attached hydrogen (secondary N) is 1. The fraction of sp³-hybridized carbons (Fsp3) is 0.250. The van der Waals surface area contributed by atoms with Crippen LogP contribution < -0.4 is 5.32 Å². The molecule has 0 aliphatic carbocycles. The molecule has 3 rings (SSSR count). The van der Waals surface area contributed by atoms with Crippen LogP contribution in [-0.2, 0) is 6.42 Å². The van der Waals surface area contributed by atoms with E-state index in [1.165, 1.54) is 16.7 Å². The van der Waals surface area contributed by atoms with Crippen LogP contribution in [0.1, 0.15) is 22.6 Å². The molecule has 0 amide bonds. The number of hydrogen-bond acceptors (Lipinski definition) is 1. The van der Waals surface area contributed by atoms with Gasteiger partial charge in [-0.3, -0.25) is 0 Å². The van der Waals surface area contributed by atoms with Gasteiger partial charge < -0.3 is 5.32 Å². The van der Waals surface area contributed by atoms with E-state index >= 15 is 0 Å². The van der Waals surface area contributed by atoms with Crippen LogP contribution in [0.25, 0.3) is 0 Å². The molecule has 86 valence electrons. The standard InChI is InChI=1S/C16H17N/c1-2-4-13(5-3-1)10-14-6-8-15(9-7-14)16-11-17-12-16/h1-9,16-17H,10-12H2. The van der Waals surface area contributed by atoms with E-state index in [-0.39, 0.29) is 0 Å². The largest absolute Gasteiger partial charge is 0.315 e. The van der Waals surface area contributed by atoms with Crippen molar-refractivity contribution in [3.63, 3.8) is 0 Å². The molecule has 1 aliphatic rings. The van der Waals surface area contributed by atoms with Gasteiger partial charge in [-0.15, -0.1) is 0 Å². The van der Waals surface area contributed by atoms with Gasteiger partial charge in [0, 0.05) is 19.0 Å². The zero-order chi connectivity index (χ0) is 11.5. The topological polar surface area (TPSA) is 12.0 Å². The highest BCUT2D eigenvalue weighted by molar-refractivity contribution is 5.31. The smallest absolute Gasteiger partial charge is 0.00885 e. The second-order valence-electron chi connectivity index (χ2n) is 4.76. The normalized spacial score (nSPS) is 15.5. The van der Waals surface area contributed by atoms with Crippen LogP contribution >= 0.6 is 0 Å². The third kappa shape index (κ3) is 2.40. The van der Waals surface area contributed by atoms with Crippen LogP contribution in [0, 0.1) is 0 Å². The molecule has 0 bridgehead atoms. The SMILES string of the molecule is c1ccc(Cc2ccc(C3CNC3)cc2)cc1. The van der Waals surface area contributed by atoms with E-state index in [4.69, 9.17) is 0 Å². The molecule has 1 aliphatic heterocycles. The maximum Gasteiger partial charge on any atom is 0.00885 e. The molecule has 1 fully saturated rings. The predicted molar refractivity (Wildman–Crippen MR) is 71.3 cm³/mol. The van der Waals surface area contributed by atoms with Gasteiger partial charge in [0.2, 0.25) is 0 Å². The first-order valence-corrected chi connectivity index (χ1v) is 6.25. The van der Waals surface area contributed by atoms with E-state index < -0.39 is 0 Å². The molecular weight excluding hydrogens is 206 g/mol. The summed E-state index contributed by atoms with van der Waals surface area (Å²) < 4.78 is 0. The maximum absolute atomic E-state index is 3.31. The Morgan fingerprint density at radius 1 is 0.824 bits per heavy atom. The fourth-order valence-electron chi connectivity index (χ4n) is 2.26. The molecule has 0 saturated carbocycles. The molecular formula is C16H17N. The molecule has 0 spiro atoms. The van der Waals surface area contributed by atoms with Crippen molar-refractivity contribution < 1.29 is 0 Å². The highest BCUT2D eigenvalue weighted by atomic mass is 14.9. The highest BCUT2D eigenvalue weighted by Crippen LogP contribution is 2.20. The first-order valence-electron chi connectivity index (χ1n) is 6.25. The third-order valence-corrected chi connectivity index (χ3v) is 3.48. The minimum Gasteiger partial charge on any atom is -0.315 e. The van der Waals surface area contributed by atoms with Crippen LogP contribution in [0.15, 0.2) is 54.6 Å². The highest BCUT2D eigenvalue weighted by Gasteiger charge is 2.18. The molecule has 1 nitrogen and oxygen atoms in total. The molecule has 1 N–H and O–H groups in total. The van der Waals surface area contributed by atoms with Crippen molar-refractivity contribution in [2.45, 2.75) is 12.3 Å². The first kappa shape index (κ1) is 10.5. The summed E-state index contributed by atoms with van der Waals surface area (Å²) in [6, 6.07) is 19.7. The van der Waals surface area contributed by atoms with Gasteiger partial charge >= 0.3 is 0 Å². The Morgan fingerprint density at radius 2 is 1.47 bits per heavy atom. The second kappa shape index (κ2) is 4.72. The predicted octanol–water partition coefficient (Wildman–Crippen LogP) is 2.96. The van der Waals surface area contributed by atoms with Crippen LogP contribution in [0.4, 0.5) is 0 Å². The van der Waals surface area contributed by atoms with Gasteiger partial charge in [0.15, 0.2) is 0 Å². The monoisotopic (exact) mass is 223 g/mol. The van der Waals surface area contributed by atoms with Crippen molar-refractivity contribution in [1.29, 1.82) is 0 Å². The van der Waals surface area contributed by atoms with Gasteiger partial charge in [0.1, 0.15) is 0 Å². The number of hydrogen-bond donors (Lipinski definition) is 1. The van der Waals surface area contributed by atoms with Crippen LogP contribution in [0.3, 0.4) is 0 Å². The third-order valence-electron chi connectivity index (χ3n) is 3.48. The van der Waals surface area contributed by atoms with E-state index in [1.54, 1.807) is 0 Å². The van der Waals surface area contributed by atoms with E-state index in [0.29, 0.717) is 0 Å². The summed E-state index contributed by atoms with van der Waals surface area (Å²) >= 11 is 0. The lowest BCUT2D eigenvalue weighted by Crippen LogP contribution is -2.39. The summed E-state index contributed by atoms with van der Waals surface area (Å²) in [4.78, 5) is 0. The fourth-order valence-corrected chi connectivity index (χ4v) is 2.26. The zero-order valence-corrected chi connectivity index (χ0v) is 9.89. The van der Waals surface area contributed by atoms with Crippen LogP contribution in [-0.4, -0.2) is 13.1 Å². The van der Waals surface area contributed by atoms with Crippen molar-refractivity contribution in [3.05, 3.63) is 71.3 Å². The van der Waals surface area contributed by atoms with E-state index in [2.05, 4.69) is 59.9 Å². The Bertz CT molecular complexity index is 469. The first-order chi connectivity index (χ1) is 8.42. The second-order valence-corrected chi connectivity index (χ2v) is 4.76. The quantitative estimate of drug-likeness (QED) is 0.843. The summed E-state index contributed by atoms with van der Waals surface area (Å²) in [6.07, 6.45) is 1.03. The number of benzene rings is 2. The van der Waals surface area contributed by atoms with Crippen molar-refractivity contribution >= 4 is 0 Å². The Morgan fingerprint density at radius 3 is 2.06 bits per heavy atom. The minimum atomic E-state index is 0.737. The summed E-state index contributed by atoms with van der Waals surface area (Å²) in [5.41, 5.74) is 4.25. The Labute approximate surface area is 102 Å². The van der Waals surface area contributed by atoms with Crippen molar-refractivity contribution in [3.8, 4) is 0 Å². The molecule has 2 aromatic carbocycles. The molecule has 17 heavy (non-hydrogen) atoms. The molecule has 1 heteroatoms. The number of rotatable bonds is 3. The lowest BCUT2D eigenvalue weighted by atomic mass is 9.92. The maximum atomic E-state index is 3.31.